The number of hydrogen-bond acceptors (Lipinski definition) is 4. The molecule has 3 aromatic rings. The zero-order valence-electron chi connectivity index (χ0n) is 20.1. The Morgan fingerprint density at radius 1 is 0.917 bits per heavy atom. The second kappa shape index (κ2) is 9.47. The molecule has 0 atom stereocenters. The number of halogens is 2. The van der Waals surface area contributed by atoms with Gasteiger partial charge in [0.25, 0.3) is 5.91 Å². The van der Waals surface area contributed by atoms with E-state index in [2.05, 4.69) is 10.6 Å². The first-order valence-electron chi connectivity index (χ1n) is 12.5. The second-order valence-corrected chi connectivity index (χ2v) is 12.4. The molecule has 2 N–H and O–H groups in total. The van der Waals surface area contributed by atoms with Gasteiger partial charge < -0.3 is 10.6 Å². The van der Waals surface area contributed by atoms with Gasteiger partial charge in [-0.3, -0.25) is 4.79 Å². The van der Waals surface area contributed by atoms with E-state index in [4.69, 9.17) is 33.2 Å². The molecular weight excluding hydrogens is 511 g/mol. The van der Waals surface area contributed by atoms with Gasteiger partial charge in [0, 0.05) is 5.41 Å². The van der Waals surface area contributed by atoms with Crippen LogP contribution in [0.5, 0.6) is 0 Å². The summed E-state index contributed by atoms with van der Waals surface area (Å²) < 4.78 is 0. The van der Waals surface area contributed by atoms with Gasteiger partial charge in [0.05, 0.1) is 27.1 Å². The van der Waals surface area contributed by atoms with Gasteiger partial charge in [-0.25, -0.2) is 9.98 Å². The Kier molecular flexibility index (Phi) is 6.30. The van der Waals surface area contributed by atoms with E-state index in [1.165, 1.54) is 30.6 Å². The number of carbonyl (C=O) groups excluding carboxylic acids is 1. The minimum absolute atomic E-state index is 0.00742. The molecule has 36 heavy (non-hydrogen) atoms. The molecule has 0 saturated heterocycles. The number of para-hydroxylation sites is 2. The van der Waals surface area contributed by atoms with Gasteiger partial charge in [-0.2, -0.15) is 0 Å². The van der Waals surface area contributed by atoms with Crippen LogP contribution in [0.15, 0.2) is 53.5 Å². The molecule has 1 amide bonds. The van der Waals surface area contributed by atoms with Gasteiger partial charge in [0.1, 0.15) is 10.7 Å². The normalized spacial score (nSPS) is 26.8. The number of benzene rings is 2. The molecule has 0 radical (unpaired) electrons. The quantitative estimate of drug-likeness (QED) is 0.253. The lowest BCUT2D eigenvalue weighted by Crippen LogP contribution is -2.51. The van der Waals surface area contributed by atoms with Crippen molar-refractivity contribution in [1.82, 2.24) is 4.98 Å². The van der Waals surface area contributed by atoms with Crippen LogP contribution in [0.2, 0.25) is 10.0 Å². The van der Waals surface area contributed by atoms with Crippen molar-refractivity contribution in [3.63, 3.8) is 0 Å². The zero-order chi connectivity index (χ0) is 24.9. The molecule has 4 aliphatic rings. The lowest BCUT2D eigenvalue weighted by molar-refractivity contribution is -0.0123. The maximum Gasteiger partial charge on any atom is 0.267 e. The lowest BCUT2D eigenvalue weighted by Gasteiger charge is -2.56. The summed E-state index contributed by atoms with van der Waals surface area (Å²) in [5.74, 6) is 3.02. The van der Waals surface area contributed by atoms with Crippen LogP contribution in [0.4, 0.5) is 16.5 Å². The number of carbonyl (C=O) groups is 1. The zero-order valence-corrected chi connectivity index (χ0v) is 22.4. The number of aliphatic imine (C=N–C) groups is 1. The maximum atomic E-state index is 13.1. The Balaban J connectivity index is 1.35. The number of anilines is 2. The minimum Gasteiger partial charge on any atom is -0.342 e. The first-order chi connectivity index (χ1) is 17.4. The van der Waals surface area contributed by atoms with Gasteiger partial charge in [0.2, 0.25) is 5.13 Å². The Labute approximate surface area is 225 Å². The van der Waals surface area contributed by atoms with E-state index < -0.39 is 0 Å². The van der Waals surface area contributed by atoms with E-state index in [0.717, 1.165) is 48.5 Å². The number of rotatable bonds is 5. The predicted octanol–water partition coefficient (Wildman–Crippen LogP) is 8.37. The molecule has 5 nitrogen and oxygen atoms in total. The maximum absolute atomic E-state index is 13.1. The van der Waals surface area contributed by atoms with Crippen molar-refractivity contribution in [3.8, 4) is 0 Å². The molecule has 4 aliphatic carbocycles. The first kappa shape index (κ1) is 24.0. The molecule has 0 aliphatic heterocycles. The number of amides is 1. The Morgan fingerprint density at radius 2 is 1.44 bits per heavy atom. The predicted molar refractivity (Wildman–Crippen MR) is 149 cm³/mol. The molecular formula is C28H28Cl2N4OS. The molecule has 0 spiro atoms. The number of thiazole rings is 1. The number of aryl methyl sites for hydroxylation is 1. The molecule has 4 fully saturated rings. The highest BCUT2D eigenvalue weighted by Crippen LogP contribution is 2.60. The van der Waals surface area contributed by atoms with Crippen molar-refractivity contribution >= 4 is 62.8 Å². The van der Waals surface area contributed by atoms with Crippen LogP contribution in [0, 0.1) is 30.1 Å². The topological polar surface area (TPSA) is 66.4 Å². The van der Waals surface area contributed by atoms with Crippen molar-refractivity contribution in [2.45, 2.75) is 45.4 Å². The van der Waals surface area contributed by atoms with Crippen LogP contribution in [0.25, 0.3) is 0 Å². The average molecular weight is 540 g/mol. The third-order valence-electron chi connectivity index (χ3n) is 7.99. The van der Waals surface area contributed by atoms with E-state index in [1.54, 1.807) is 12.1 Å². The fourth-order valence-electron chi connectivity index (χ4n) is 6.85. The fourth-order valence-corrected chi connectivity index (χ4v) is 8.05. The average Bonchev–Trinajstić information content (AvgIpc) is 3.21. The summed E-state index contributed by atoms with van der Waals surface area (Å²) in [6, 6.07) is 15.0. The lowest BCUT2D eigenvalue weighted by atomic mass is 9.49. The smallest absolute Gasteiger partial charge is 0.267 e. The molecule has 8 heteroatoms. The van der Waals surface area contributed by atoms with Gasteiger partial charge in [-0.1, -0.05) is 58.8 Å². The van der Waals surface area contributed by atoms with Gasteiger partial charge in [0.15, 0.2) is 0 Å². The Morgan fingerprint density at radius 3 is 2.00 bits per heavy atom. The highest BCUT2D eigenvalue weighted by Gasteiger charge is 2.53. The van der Waals surface area contributed by atoms with E-state index in [1.807, 2.05) is 43.3 Å². The molecule has 7 rings (SSSR count). The molecule has 0 unspecified atom stereocenters. The standard InChI is InChI=1S/C28H28Cl2N4OS/c1-16-24(25(35)32-22-8-4-2-6-20(22)29)36-27(31-16)34-26(33-23-9-5-3-7-21(23)30)28-13-17-10-18(14-28)12-19(11-17)15-28/h2-9,17-19H,10-15H2,1H3,(H,32,35)(H,31,33,34). The van der Waals surface area contributed by atoms with Crippen molar-refractivity contribution in [3.05, 3.63) is 69.1 Å². The SMILES string of the molecule is Cc1nc(/N=C(/Nc2ccccc2Cl)C23CC4CC(CC(C4)C2)C3)sc1C(=O)Nc1ccccc1Cl. The van der Waals surface area contributed by atoms with E-state index in [0.29, 0.717) is 31.4 Å². The van der Waals surface area contributed by atoms with Gasteiger partial charge in [-0.05, 0) is 87.5 Å². The molecule has 1 aromatic heterocycles. The summed E-state index contributed by atoms with van der Waals surface area (Å²) >= 11 is 14.1. The number of hydrogen-bond donors (Lipinski definition) is 2. The second-order valence-electron chi connectivity index (χ2n) is 10.6. The monoisotopic (exact) mass is 538 g/mol. The van der Waals surface area contributed by atoms with Gasteiger partial charge in [-0.15, -0.1) is 0 Å². The summed E-state index contributed by atoms with van der Waals surface area (Å²) in [5, 5.41) is 8.29. The van der Waals surface area contributed by atoms with E-state index in [9.17, 15) is 4.79 Å². The van der Waals surface area contributed by atoms with Crippen molar-refractivity contribution < 1.29 is 4.79 Å². The van der Waals surface area contributed by atoms with E-state index >= 15 is 0 Å². The van der Waals surface area contributed by atoms with Crippen molar-refractivity contribution in [1.29, 1.82) is 0 Å². The molecule has 4 saturated carbocycles. The number of aromatic nitrogens is 1. The fraction of sp³-hybridized carbons (Fsp3) is 0.393. The first-order valence-corrected chi connectivity index (χ1v) is 14.1. The van der Waals surface area contributed by atoms with Crippen molar-refractivity contribution in [2.75, 3.05) is 10.6 Å². The van der Waals surface area contributed by atoms with Crippen molar-refractivity contribution in [2.24, 2.45) is 28.2 Å². The molecule has 186 valence electrons. The number of amidine groups is 1. The number of nitrogens with one attached hydrogen (secondary N) is 2. The van der Waals surface area contributed by atoms with Crippen LogP contribution in [-0.4, -0.2) is 16.7 Å². The summed E-state index contributed by atoms with van der Waals surface area (Å²) in [6.07, 6.45) is 7.50. The summed E-state index contributed by atoms with van der Waals surface area (Å²) in [5.41, 5.74) is 2.11. The van der Waals surface area contributed by atoms with Crippen LogP contribution in [0.1, 0.15) is 53.9 Å². The summed E-state index contributed by atoms with van der Waals surface area (Å²) in [4.78, 5) is 23.4. The molecule has 2 aromatic carbocycles. The molecule has 1 heterocycles. The third-order valence-corrected chi connectivity index (χ3v) is 9.70. The highest BCUT2D eigenvalue weighted by atomic mass is 35.5. The van der Waals surface area contributed by atoms with Crippen LogP contribution < -0.4 is 10.6 Å². The highest BCUT2D eigenvalue weighted by molar-refractivity contribution is 7.17. The third kappa shape index (κ3) is 4.55. The molecule has 4 bridgehead atoms. The minimum atomic E-state index is -0.227. The summed E-state index contributed by atoms with van der Waals surface area (Å²) in [7, 11) is 0. The van der Waals surface area contributed by atoms with E-state index in [-0.39, 0.29) is 11.3 Å². The van der Waals surface area contributed by atoms with Crippen LogP contribution in [0.3, 0.4) is 0 Å². The van der Waals surface area contributed by atoms with Crippen LogP contribution in [-0.2, 0) is 0 Å². The van der Waals surface area contributed by atoms with Crippen LogP contribution >= 0.6 is 34.5 Å². The Hall–Kier alpha value is -2.41. The number of nitrogens with zero attached hydrogens (tertiary/aromatic N) is 2. The Bertz CT molecular complexity index is 1320. The largest absolute Gasteiger partial charge is 0.342 e. The van der Waals surface area contributed by atoms with Gasteiger partial charge >= 0.3 is 0 Å². The summed E-state index contributed by atoms with van der Waals surface area (Å²) in [6.45, 7) is 1.85.